The monoisotopic (exact) mass is 729 g/mol. The van der Waals surface area contributed by atoms with Gasteiger partial charge >= 0.3 is 0 Å². The average molecular weight is 730 g/mol. The molecule has 11 rings (SSSR count). The van der Waals surface area contributed by atoms with Gasteiger partial charge in [0.2, 0.25) is 0 Å². The standard InChI is InChI=1S/C54H35NO2/c1-3-11-36(12-4-1)40-15-9-16-41(33-40)37-21-26-43(27-22-37)55(45-30-31-48-47-17-7-8-20-51(47)56-53(48)35-45)44-28-23-38(24-29-44)42-25-32-52-50(34-42)49-19-10-18-46(54(49)57-52)39-13-5-2-6-14-39/h1-35H. The van der Waals surface area contributed by atoms with Crippen molar-refractivity contribution < 1.29 is 8.83 Å². The first-order valence-corrected chi connectivity index (χ1v) is 19.3. The van der Waals surface area contributed by atoms with Crippen molar-refractivity contribution in [2.75, 3.05) is 4.90 Å². The van der Waals surface area contributed by atoms with Crippen LogP contribution in [0.3, 0.4) is 0 Å². The Morgan fingerprint density at radius 2 is 0.772 bits per heavy atom. The van der Waals surface area contributed by atoms with E-state index in [1.807, 2.05) is 18.2 Å². The molecule has 0 amide bonds. The minimum atomic E-state index is 0.862. The first-order chi connectivity index (χ1) is 28.2. The lowest BCUT2D eigenvalue weighted by Gasteiger charge is -2.26. The minimum absolute atomic E-state index is 0.862. The molecule has 268 valence electrons. The summed E-state index contributed by atoms with van der Waals surface area (Å²) in [4.78, 5) is 2.30. The topological polar surface area (TPSA) is 29.5 Å². The number of benzene rings is 9. The summed E-state index contributed by atoms with van der Waals surface area (Å²) >= 11 is 0. The molecule has 0 atom stereocenters. The highest BCUT2D eigenvalue weighted by Gasteiger charge is 2.17. The normalized spacial score (nSPS) is 11.5. The van der Waals surface area contributed by atoms with Crippen molar-refractivity contribution in [2.24, 2.45) is 0 Å². The van der Waals surface area contributed by atoms with Crippen LogP contribution < -0.4 is 4.90 Å². The largest absolute Gasteiger partial charge is 0.456 e. The van der Waals surface area contributed by atoms with Gasteiger partial charge in [0.1, 0.15) is 22.3 Å². The number of anilines is 3. The number of fused-ring (bicyclic) bond motifs is 6. The van der Waals surface area contributed by atoms with E-state index >= 15 is 0 Å². The van der Waals surface area contributed by atoms with Crippen LogP contribution in [0.5, 0.6) is 0 Å². The molecule has 57 heavy (non-hydrogen) atoms. The zero-order chi connectivity index (χ0) is 37.7. The van der Waals surface area contributed by atoms with Crippen molar-refractivity contribution in [1.29, 1.82) is 0 Å². The summed E-state index contributed by atoms with van der Waals surface area (Å²) < 4.78 is 12.8. The zero-order valence-electron chi connectivity index (χ0n) is 31.0. The molecule has 9 aromatic carbocycles. The van der Waals surface area contributed by atoms with E-state index < -0.39 is 0 Å². The summed E-state index contributed by atoms with van der Waals surface area (Å²) in [6.45, 7) is 0. The van der Waals surface area contributed by atoms with E-state index in [1.54, 1.807) is 0 Å². The molecule has 0 aliphatic rings. The molecule has 3 heteroatoms. The van der Waals surface area contributed by atoms with Crippen LogP contribution in [0, 0.1) is 0 Å². The van der Waals surface area contributed by atoms with Crippen molar-refractivity contribution in [2.45, 2.75) is 0 Å². The Kier molecular flexibility index (Phi) is 7.82. The third kappa shape index (κ3) is 5.85. The van der Waals surface area contributed by atoms with E-state index in [9.17, 15) is 0 Å². The number of nitrogens with zero attached hydrogens (tertiary/aromatic N) is 1. The Labute approximate surface area is 330 Å². The van der Waals surface area contributed by atoms with Gasteiger partial charge in [0.05, 0.1) is 0 Å². The average Bonchev–Trinajstić information content (AvgIpc) is 3.85. The molecule has 0 radical (unpaired) electrons. The molecule has 0 fully saturated rings. The van der Waals surface area contributed by atoms with Gasteiger partial charge in [-0.3, -0.25) is 0 Å². The van der Waals surface area contributed by atoms with Crippen molar-refractivity contribution >= 4 is 60.9 Å². The van der Waals surface area contributed by atoms with E-state index in [0.717, 1.165) is 88.8 Å². The fourth-order valence-electron chi connectivity index (χ4n) is 8.24. The molecule has 3 nitrogen and oxygen atoms in total. The highest BCUT2D eigenvalue weighted by molar-refractivity contribution is 6.11. The van der Waals surface area contributed by atoms with Crippen molar-refractivity contribution in [3.8, 4) is 44.5 Å². The molecule has 0 saturated carbocycles. The van der Waals surface area contributed by atoms with Crippen LogP contribution in [-0.4, -0.2) is 0 Å². The Hall–Kier alpha value is -7.62. The lowest BCUT2D eigenvalue weighted by Crippen LogP contribution is -2.09. The number of furan rings is 2. The predicted molar refractivity (Wildman–Crippen MR) is 237 cm³/mol. The van der Waals surface area contributed by atoms with Gasteiger partial charge in [-0.15, -0.1) is 0 Å². The summed E-state index contributed by atoms with van der Waals surface area (Å²) in [6.07, 6.45) is 0. The summed E-state index contributed by atoms with van der Waals surface area (Å²) in [5, 5.41) is 4.46. The van der Waals surface area contributed by atoms with Crippen LogP contribution in [0.15, 0.2) is 221 Å². The van der Waals surface area contributed by atoms with Crippen molar-refractivity contribution in [3.05, 3.63) is 212 Å². The molecule has 2 aromatic heterocycles. The fraction of sp³-hybridized carbons (Fsp3) is 0. The second-order valence-electron chi connectivity index (χ2n) is 14.5. The van der Waals surface area contributed by atoms with Gasteiger partial charge in [-0.1, -0.05) is 146 Å². The SMILES string of the molecule is c1ccc(-c2cccc(-c3ccc(N(c4ccc(-c5ccc6oc7c(-c8ccccc8)cccc7c6c5)cc4)c4ccc5c(c4)oc4ccccc45)cc3)c2)cc1. The number of hydrogen-bond acceptors (Lipinski definition) is 3. The molecule has 0 saturated heterocycles. The number of hydrogen-bond donors (Lipinski definition) is 0. The Balaban J connectivity index is 0.976. The first-order valence-electron chi connectivity index (χ1n) is 19.3. The third-order valence-corrected chi connectivity index (χ3v) is 11.1. The maximum absolute atomic E-state index is 6.48. The molecule has 0 bridgehead atoms. The smallest absolute Gasteiger partial charge is 0.143 e. The van der Waals surface area contributed by atoms with Gasteiger partial charge in [-0.05, 0) is 99.6 Å². The van der Waals surface area contributed by atoms with Crippen LogP contribution in [0.1, 0.15) is 0 Å². The van der Waals surface area contributed by atoms with Crippen LogP contribution in [0.2, 0.25) is 0 Å². The summed E-state index contributed by atoms with van der Waals surface area (Å²) in [6, 6.07) is 75.1. The molecule has 0 unspecified atom stereocenters. The van der Waals surface area contributed by atoms with Crippen LogP contribution in [0.4, 0.5) is 17.1 Å². The summed E-state index contributed by atoms with van der Waals surface area (Å²) in [7, 11) is 0. The van der Waals surface area contributed by atoms with Gasteiger partial charge < -0.3 is 13.7 Å². The molecule has 0 N–H and O–H groups in total. The lowest BCUT2D eigenvalue weighted by molar-refractivity contribution is 0.669. The molecule has 2 heterocycles. The number of rotatable bonds is 7. The van der Waals surface area contributed by atoms with Gasteiger partial charge in [0.25, 0.3) is 0 Å². The summed E-state index contributed by atoms with van der Waals surface area (Å²) in [5.74, 6) is 0. The van der Waals surface area contributed by atoms with Crippen molar-refractivity contribution in [1.82, 2.24) is 0 Å². The van der Waals surface area contributed by atoms with Gasteiger partial charge in [0, 0.05) is 50.2 Å². The van der Waals surface area contributed by atoms with E-state index in [4.69, 9.17) is 8.83 Å². The van der Waals surface area contributed by atoms with E-state index in [-0.39, 0.29) is 0 Å². The molecular formula is C54H35NO2. The van der Waals surface area contributed by atoms with E-state index in [0.29, 0.717) is 0 Å². The molecule has 0 aliphatic heterocycles. The Morgan fingerprint density at radius 1 is 0.263 bits per heavy atom. The summed E-state index contributed by atoms with van der Waals surface area (Å²) in [5.41, 5.74) is 16.0. The van der Waals surface area contributed by atoms with Gasteiger partial charge in [0.15, 0.2) is 0 Å². The first kappa shape index (κ1) is 32.8. The lowest BCUT2D eigenvalue weighted by atomic mass is 9.98. The molecule has 0 aliphatic carbocycles. The van der Waals surface area contributed by atoms with Crippen LogP contribution >= 0.6 is 0 Å². The van der Waals surface area contributed by atoms with Gasteiger partial charge in [-0.25, -0.2) is 0 Å². The zero-order valence-corrected chi connectivity index (χ0v) is 31.0. The fourth-order valence-corrected chi connectivity index (χ4v) is 8.24. The van der Waals surface area contributed by atoms with Crippen LogP contribution in [0.25, 0.3) is 88.4 Å². The predicted octanol–water partition coefficient (Wildman–Crippen LogP) is 15.6. The number of para-hydroxylation sites is 2. The Bertz CT molecular complexity index is 3210. The second-order valence-corrected chi connectivity index (χ2v) is 14.5. The maximum atomic E-state index is 6.48. The van der Waals surface area contributed by atoms with Crippen molar-refractivity contribution in [3.63, 3.8) is 0 Å². The minimum Gasteiger partial charge on any atom is -0.456 e. The highest BCUT2D eigenvalue weighted by atomic mass is 16.3. The Morgan fingerprint density at radius 3 is 1.49 bits per heavy atom. The molecular weight excluding hydrogens is 695 g/mol. The van der Waals surface area contributed by atoms with E-state index in [2.05, 4.69) is 199 Å². The van der Waals surface area contributed by atoms with Crippen LogP contribution in [-0.2, 0) is 0 Å². The van der Waals surface area contributed by atoms with Gasteiger partial charge in [-0.2, -0.15) is 0 Å². The van der Waals surface area contributed by atoms with E-state index in [1.165, 1.54) is 16.7 Å². The molecule has 0 spiro atoms. The maximum Gasteiger partial charge on any atom is 0.143 e. The third-order valence-electron chi connectivity index (χ3n) is 11.1. The quantitative estimate of drug-likeness (QED) is 0.164. The molecule has 11 aromatic rings. The highest BCUT2D eigenvalue weighted by Crippen LogP contribution is 2.41. The second kappa shape index (κ2) is 13.6.